The average molecular weight is 386 g/mol. The van der Waals surface area contributed by atoms with Crippen molar-refractivity contribution in [2.45, 2.75) is 32.0 Å². The molecule has 0 spiro atoms. The highest BCUT2D eigenvalue weighted by atomic mass is 19.4. The minimum atomic E-state index is -4.65. The zero-order valence-electron chi connectivity index (χ0n) is 14.8. The fraction of sp³-hybridized carbons (Fsp3) is 0.444. The van der Waals surface area contributed by atoms with Crippen LogP contribution in [0.3, 0.4) is 0 Å². The van der Waals surface area contributed by atoms with Gasteiger partial charge in [0.05, 0.1) is 12.6 Å². The number of unbranched alkanes of at least 4 members (excludes halogenated alkanes) is 1. The Morgan fingerprint density at radius 2 is 2.00 bits per heavy atom. The lowest BCUT2D eigenvalue weighted by molar-refractivity contribution is -0.189. The molecule has 2 rings (SSSR count). The predicted octanol–water partition coefficient (Wildman–Crippen LogP) is 3.45. The van der Waals surface area contributed by atoms with Gasteiger partial charge in [0.25, 0.3) is 0 Å². The van der Waals surface area contributed by atoms with Crippen LogP contribution in [0.5, 0.6) is 5.75 Å². The summed E-state index contributed by atoms with van der Waals surface area (Å²) in [4.78, 5) is 24.2. The van der Waals surface area contributed by atoms with Crippen molar-refractivity contribution in [3.05, 3.63) is 42.1 Å². The summed E-state index contributed by atoms with van der Waals surface area (Å²) in [5.74, 6) is -1.95. The molecule has 0 unspecified atom stereocenters. The number of carbonyl (C=O) groups is 2. The van der Waals surface area contributed by atoms with E-state index >= 15 is 0 Å². The molecule has 2 N–H and O–H groups in total. The molecule has 1 heterocycles. The molecule has 1 saturated heterocycles. The van der Waals surface area contributed by atoms with Crippen molar-refractivity contribution in [1.29, 1.82) is 0 Å². The molecule has 9 heteroatoms. The highest BCUT2D eigenvalue weighted by Gasteiger charge is 2.41. The van der Waals surface area contributed by atoms with E-state index in [0.717, 1.165) is 12.8 Å². The predicted molar refractivity (Wildman–Crippen MR) is 90.9 cm³/mol. The van der Waals surface area contributed by atoms with Gasteiger partial charge in [0.1, 0.15) is 11.7 Å². The summed E-state index contributed by atoms with van der Waals surface area (Å²) in [5, 5.41) is 4.86. The summed E-state index contributed by atoms with van der Waals surface area (Å²) < 4.78 is 47.3. The molecule has 148 valence electrons. The first-order chi connectivity index (χ1) is 12.7. The third-order valence-electron chi connectivity index (χ3n) is 3.91. The Morgan fingerprint density at radius 3 is 2.67 bits per heavy atom. The average Bonchev–Trinajstić information content (AvgIpc) is 2.59. The first-order valence-corrected chi connectivity index (χ1v) is 8.44. The van der Waals surface area contributed by atoms with Gasteiger partial charge < -0.3 is 20.1 Å². The van der Waals surface area contributed by atoms with Crippen molar-refractivity contribution >= 4 is 12.0 Å². The number of ether oxygens (including phenoxy) is 2. The van der Waals surface area contributed by atoms with Gasteiger partial charge in [-0.05, 0) is 12.5 Å². The molecule has 2 amide bonds. The van der Waals surface area contributed by atoms with Gasteiger partial charge >= 0.3 is 18.2 Å². The number of urea groups is 1. The van der Waals surface area contributed by atoms with Crippen LogP contribution in [-0.2, 0) is 9.53 Å². The normalized spacial score (nSPS) is 19.9. The third-order valence-corrected chi connectivity index (χ3v) is 3.91. The van der Waals surface area contributed by atoms with E-state index in [0.29, 0.717) is 17.9 Å². The second kappa shape index (κ2) is 8.79. The minimum Gasteiger partial charge on any atom is -0.493 e. The Bertz CT molecular complexity index is 706. The van der Waals surface area contributed by atoms with Crippen LogP contribution in [0, 0.1) is 5.92 Å². The summed E-state index contributed by atoms with van der Waals surface area (Å²) in [6.45, 7) is 4.31. The fourth-order valence-electron chi connectivity index (χ4n) is 2.66. The van der Waals surface area contributed by atoms with E-state index < -0.39 is 36.7 Å². The first kappa shape index (κ1) is 20.6. The molecular weight excluding hydrogens is 365 g/mol. The molecule has 0 aliphatic carbocycles. The molecule has 1 aliphatic heterocycles. The standard InChI is InChI=1S/C18H21F3N2O4/c1-3-4-9-26-13-8-6-5-7-12(13)15-14(11(2)22-17(25)23-15)16(24)27-10-18(19,20)21/h5-8,14-15H,2-4,9-10H2,1H3,(H2,22,23,25)/t14-,15+/m0/s1. The number of esters is 1. The van der Waals surface area contributed by atoms with Crippen molar-refractivity contribution in [2.75, 3.05) is 13.2 Å². The van der Waals surface area contributed by atoms with E-state index in [1.54, 1.807) is 24.3 Å². The monoisotopic (exact) mass is 386 g/mol. The van der Waals surface area contributed by atoms with Crippen molar-refractivity contribution < 1.29 is 32.2 Å². The molecule has 1 aromatic carbocycles. The molecule has 2 atom stereocenters. The van der Waals surface area contributed by atoms with Crippen molar-refractivity contribution in [3.8, 4) is 5.75 Å². The topological polar surface area (TPSA) is 76.7 Å². The van der Waals surface area contributed by atoms with Gasteiger partial charge in [-0.3, -0.25) is 4.79 Å². The molecule has 0 radical (unpaired) electrons. The summed E-state index contributed by atoms with van der Waals surface area (Å²) in [5.41, 5.74) is 0.415. The number of alkyl halides is 3. The van der Waals surface area contributed by atoms with Crippen LogP contribution in [0.2, 0.25) is 0 Å². The number of para-hydroxylation sites is 1. The van der Waals surface area contributed by atoms with E-state index in [1.807, 2.05) is 6.92 Å². The maximum atomic E-state index is 12.4. The Morgan fingerprint density at radius 1 is 1.30 bits per heavy atom. The SMILES string of the molecule is C=C1NC(=O)N[C@H](c2ccccc2OCCCC)[C@H]1C(=O)OCC(F)(F)F. The molecule has 0 aromatic heterocycles. The Hall–Kier alpha value is -2.71. The molecule has 1 aromatic rings. The molecule has 6 nitrogen and oxygen atoms in total. The zero-order chi connectivity index (χ0) is 20.0. The third kappa shape index (κ3) is 5.63. The number of amides is 2. The van der Waals surface area contributed by atoms with Crippen LogP contribution < -0.4 is 15.4 Å². The number of benzene rings is 1. The minimum absolute atomic E-state index is 0.0423. The first-order valence-electron chi connectivity index (χ1n) is 8.44. The lowest BCUT2D eigenvalue weighted by Gasteiger charge is -2.34. The van der Waals surface area contributed by atoms with E-state index in [-0.39, 0.29) is 5.70 Å². The number of halogens is 3. The highest BCUT2D eigenvalue weighted by Crippen LogP contribution is 2.35. The Kier molecular flexibility index (Phi) is 6.70. The Balaban J connectivity index is 2.29. The van der Waals surface area contributed by atoms with E-state index in [2.05, 4.69) is 21.9 Å². The van der Waals surface area contributed by atoms with Crippen LogP contribution in [-0.4, -0.2) is 31.4 Å². The van der Waals surface area contributed by atoms with Crippen molar-refractivity contribution in [2.24, 2.45) is 5.92 Å². The van der Waals surface area contributed by atoms with Gasteiger partial charge in [-0.1, -0.05) is 38.1 Å². The molecule has 1 aliphatic rings. The van der Waals surface area contributed by atoms with Crippen molar-refractivity contribution in [1.82, 2.24) is 10.6 Å². The van der Waals surface area contributed by atoms with Crippen LogP contribution in [0.25, 0.3) is 0 Å². The number of nitrogens with one attached hydrogen (secondary N) is 2. The van der Waals surface area contributed by atoms with Gasteiger partial charge in [0.15, 0.2) is 6.61 Å². The number of rotatable bonds is 7. The van der Waals surface area contributed by atoms with Gasteiger partial charge in [-0.2, -0.15) is 13.2 Å². The molecular formula is C18H21F3N2O4. The maximum Gasteiger partial charge on any atom is 0.422 e. The Labute approximate surface area is 154 Å². The number of hydrogen-bond donors (Lipinski definition) is 2. The van der Waals surface area contributed by atoms with Crippen LogP contribution >= 0.6 is 0 Å². The van der Waals surface area contributed by atoms with Crippen LogP contribution in [0.4, 0.5) is 18.0 Å². The second-order valence-corrected chi connectivity index (χ2v) is 6.04. The highest BCUT2D eigenvalue weighted by molar-refractivity contribution is 5.85. The molecule has 0 bridgehead atoms. The fourth-order valence-corrected chi connectivity index (χ4v) is 2.66. The van der Waals surface area contributed by atoms with Crippen LogP contribution in [0.15, 0.2) is 36.5 Å². The lowest BCUT2D eigenvalue weighted by Crippen LogP contribution is -2.51. The molecule has 1 fully saturated rings. The summed E-state index contributed by atoms with van der Waals surface area (Å²) >= 11 is 0. The quantitative estimate of drug-likeness (QED) is 0.556. The van der Waals surface area contributed by atoms with E-state index in [4.69, 9.17) is 4.74 Å². The van der Waals surface area contributed by atoms with Crippen molar-refractivity contribution in [3.63, 3.8) is 0 Å². The number of hydrogen-bond acceptors (Lipinski definition) is 4. The van der Waals surface area contributed by atoms with Gasteiger partial charge in [-0.25, -0.2) is 4.79 Å². The molecule has 27 heavy (non-hydrogen) atoms. The summed E-state index contributed by atoms with van der Waals surface area (Å²) in [6, 6.07) is 5.11. The lowest BCUT2D eigenvalue weighted by atomic mass is 9.88. The largest absolute Gasteiger partial charge is 0.493 e. The van der Waals surface area contributed by atoms with Crippen LogP contribution in [0.1, 0.15) is 31.4 Å². The number of carbonyl (C=O) groups excluding carboxylic acids is 2. The summed E-state index contributed by atoms with van der Waals surface area (Å²) in [7, 11) is 0. The zero-order valence-corrected chi connectivity index (χ0v) is 14.8. The smallest absolute Gasteiger partial charge is 0.422 e. The van der Waals surface area contributed by atoms with Gasteiger partial charge in [-0.15, -0.1) is 0 Å². The van der Waals surface area contributed by atoms with E-state index in [1.165, 1.54) is 0 Å². The molecule has 0 saturated carbocycles. The maximum absolute atomic E-state index is 12.4. The van der Waals surface area contributed by atoms with Gasteiger partial charge in [0.2, 0.25) is 0 Å². The van der Waals surface area contributed by atoms with E-state index in [9.17, 15) is 22.8 Å². The second-order valence-electron chi connectivity index (χ2n) is 6.04. The summed E-state index contributed by atoms with van der Waals surface area (Å²) in [6.07, 6.45) is -2.94. The van der Waals surface area contributed by atoms with Gasteiger partial charge in [0, 0.05) is 11.3 Å².